The van der Waals surface area contributed by atoms with Crippen LogP contribution in [0.15, 0.2) is 46.9 Å². The molecule has 0 radical (unpaired) electrons. The van der Waals surface area contributed by atoms with Gasteiger partial charge in [0.2, 0.25) is 0 Å². The highest BCUT2D eigenvalue weighted by Gasteiger charge is 2.10. The Bertz CT molecular complexity index is 842. The lowest BCUT2D eigenvalue weighted by Crippen LogP contribution is -2.49. The predicted molar refractivity (Wildman–Crippen MR) is 107 cm³/mol. The molecule has 0 aromatic heterocycles. The Kier molecular flexibility index (Phi) is 7.11. The SMILES string of the molecule is Cc1cc(Br)ccc1OCC(=O)NC(=S)NNC(=O)c1ccccc1C. The number of hydrogen-bond donors (Lipinski definition) is 3. The van der Waals surface area contributed by atoms with Crippen molar-refractivity contribution in [3.8, 4) is 5.75 Å². The van der Waals surface area contributed by atoms with Gasteiger partial charge in [-0.3, -0.25) is 25.8 Å². The van der Waals surface area contributed by atoms with Crippen LogP contribution in [0.1, 0.15) is 21.5 Å². The zero-order valence-corrected chi connectivity index (χ0v) is 16.7. The third kappa shape index (κ3) is 5.82. The van der Waals surface area contributed by atoms with E-state index in [9.17, 15) is 9.59 Å². The number of benzene rings is 2. The van der Waals surface area contributed by atoms with E-state index < -0.39 is 5.91 Å². The molecular weight excluding hydrogens is 418 g/mol. The Morgan fingerprint density at radius 1 is 1.08 bits per heavy atom. The quantitative estimate of drug-likeness (QED) is 0.508. The van der Waals surface area contributed by atoms with Gasteiger partial charge in [-0.2, -0.15) is 0 Å². The Morgan fingerprint density at radius 3 is 2.50 bits per heavy atom. The second kappa shape index (κ2) is 9.30. The number of hydrogen-bond acceptors (Lipinski definition) is 4. The number of amides is 2. The van der Waals surface area contributed by atoms with Crippen LogP contribution >= 0.6 is 28.1 Å². The molecule has 8 heteroatoms. The first-order chi connectivity index (χ1) is 12.4. The van der Waals surface area contributed by atoms with Crippen LogP contribution in [0, 0.1) is 13.8 Å². The average Bonchev–Trinajstić information content (AvgIpc) is 2.59. The van der Waals surface area contributed by atoms with E-state index in [0.29, 0.717) is 11.3 Å². The third-order valence-electron chi connectivity index (χ3n) is 3.43. The van der Waals surface area contributed by atoms with Crippen molar-refractivity contribution in [1.29, 1.82) is 0 Å². The zero-order chi connectivity index (χ0) is 19.1. The van der Waals surface area contributed by atoms with E-state index in [4.69, 9.17) is 17.0 Å². The normalized spacial score (nSPS) is 9.96. The maximum atomic E-state index is 12.1. The fourth-order valence-electron chi connectivity index (χ4n) is 2.12. The second-order valence-corrected chi connectivity index (χ2v) is 6.79. The molecule has 0 heterocycles. The zero-order valence-electron chi connectivity index (χ0n) is 14.3. The van der Waals surface area contributed by atoms with Gasteiger partial charge in [-0.25, -0.2) is 0 Å². The van der Waals surface area contributed by atoms with Crippen LogP contribution in [0.2, 0.25) is 0 Å². The summed E-state index contributed by atoms with van der Waals surface area (Å²) in [5.41, 5.74) is 7.19. The summed E-state index contributed by atoms with van der Waals surface area (Å²) in [6.45, 7) is 3.51. The highest BCUT2D eigenvalue weighted by atomic mass is 79.9. The van der Waals surface area contributed by atoms with Gasteiger partial charge in [0.05, 0.1) is 0 Å². The van der Waals surface area contributed by atoms with Crippen molar-refractivity contribution in [3.63, 3.8) is 0 Å². The lowest BCUT2D eigenvalue weighted by Gasteiger charge is -2.13. The van der Waals surface area contributed by atoms with Gasteiger partial charge in [0.15, 0.2) is 11.7 Å². The maximum absolute atomic E-state index is 12.1. The number of nitrogens with one attached hydrogen (secondary N) is 3. The molecule has 0 spiro atoms. The second-order valence-electron chi connectivity index (χ2n) is 5.47. The first-order valence-corrected chi connectivity index (χ1v) is 8.91. The van der Waals surface area contributed by atoms with E-state index in [-0.39, 0.29) is 17.6 Å². The summed E-state index contributed by atoms with van der Waals surface area (Å²) in [6.07, 6.45) is 0. The smallest absolute Gasteiger partial charge is 0.269 e. The van der Waals surface area contributed by atoms with Crippen molar-refractivity contribution in [2.45, 2.75) is 13.8 Å². The Balaban J connectivity index is 1.77. The molecule has 6 nitrogen and oxygen atoms in total. The number of ether oxygens (including phenoxy) is 1. The number of aryl methyl sites for hydroxylation is 2. The first-order valence-electron chi connectivity index (χ1n) is 7.71. The van der Waals surface area contributed by atoms with Crippen molar-refractivity contribution >= 4 is 45.1 Å². The summed E-state index contributed by atoms with van der Waals surface area (Å²) in [5.74, 6) is -0.175. The summed E-state index contributed by atoms with van der Waals surface area (Å²) in [7, 11) is 0. The van der Waals surface area contributed by atoms with E-state index in [1.165, 1.54) is 0 Å². The maximum Gasteiger partial charge on any atom is 0.269 e. The van der Waals surface area contributed by atoms with E-state index in [0.717, 1.165) is 15.6 Å². The molecule has 0 unspecified atom stereocenters. The number of rotatable bonds is 4. The molecule has 0 saturated carbocycles. The molecule has 0 fully saturated rings. The molecule has 2 aromatic rings. The van der Waals surface area contributed by atoms with Gasteiger partial charge in [0, 0.05) is 10.0 Å². The largest absolute Gasteiger partial charge is 0.483 e. The van der Waals surface area contributed by atoms with Crippen LogP contribution < -0.4 is 20.9 Å². The van der Waals surface area contributed by atoms with Gasteiger partial charge in [-0.05, 0) is 61.5 Å². The van der Waals surface area contributed by atoms with Crippen molar-refractivity contribution < 1.29 is 14.3 Å². The van der Waals surface area contributed by atoms with Gasteiger partial charge >= 0.3 is 0 Å². The number of thiocarbonyl (C=S) groups is 1. The first kappa shape index (κ1) is 19.9. The summed E-state index contributed by atoms with van der Waals surface area (Å²) in [6, 6.07) is 12.6. The molecular formula is C18H18BrN3O3S. The van der Waals surface area contributed by atoms with Crippen LogP contribution in [-0.2, 0) is 4.79 Å². The molecule has 0 aliphatic carbocycles. The molecule has 136 valence electrons. The number of carbonyl (C=O) groups is 2. The molecule has 2 aromatic carbocycles. The summed E-state index contributed by atoms with van der Waals surface area (Å²) in [4.78, 5) is 23.9. The minimum absolute atomic E-state index is 0.0203. The predicted octanol–water partition coefficient (Wildman–Crippen LogP) is 2.78. The molecule has 0 aliphatic rings. The highest BCUT2D eigenvalue weighted by Crippen LogP contribution is 2.21. The molecule has 0 saturated heterocycles. The Hall–Kier alpha value is -2.45. The minimum Gasteiger partial charge on any atom is -0.483 e. The molecule has 0 aliphatic heterocycles. The van der Waals surface area contributed by atoms with Crippen LogP contribution in [0.4, 0.5) is 0 Å². The highest BCUT2D eigenvalue weighted by molar-refractivity contribution is 9.10. The summed E-state index contributed by atoms with van der Waals surface area (Å²) >= 11 is 8.35. The lowest BCUT2D eigenvalue weighted by molar-refractivity contribution is -0.121. The summed E-state index contributed by atoms with van der Waals surface area (Å²) in [5, 5.41) is 2.41. The molecule has 0 atom stereocenters. The molecule has 2 amide bonds. The standard InChI is InChI=1S/C18H18BrN3O3S/c1-11-5-3-4-6-14(11)17(24)21-22-18(26)20-16(23)10-25-15-8-7-13(19)9-12(15)2/h3-9H,10H2,1-2H3,(H,21,24)(H2,20,22,23,26). The van der Waals surface area contributed by atoms with Crippen LogP contribution in [-0.4, -0.2) is 23.5 Å². The van der Waals surface area contributed by atoms with E-state index >= 15 is 0 Å². The van der Waals surface area contributed by atoms with Crippen molar-refractivity contribution in [2.24, 2.45) is 0 Å². The fourth-order valence-corrected chi connectivity index (χ4v) is 2.76. The Labute approximate surface area is 165 Å². The van der Waals surface area contributed by atoms with Gasteiger partial charge in [0.1, 0.15) is 5.75 Å². The van der Waals surface area contributed by atoms with Crippen LogP contribution in [0.3, 0.4) is 0 Å². The number of hydrazine groups is 1. The van der Waals surface area contributed by atoms with Gasteiger partial charge in [-0.15, -0.1) is 0 Å². The summed E-state index contributed by atoms with van der Waals surface area (Å²) < 4.78 is 6.39. The van der Waals surface area contributed by atoms with Gasteiger partial charge in [0.25, 0.3) is 11.8 Å². The molecule has 0 bridgehead atoms. The third-order valence-corrected chi connectivity index (χ3v) is 4.13. The monoisotopic (exact) mass is 435 g/mol. The molecule has 3 N–H and O–H groups in total. The van der Waals surface area contributed by atoms with Crippen molar-refractivity contribution in [1.82, 2.24) is 16.2 Å². The van der Waals surface area contributed by atoms with E-state index in [1.807, 2.05) is 38.1 Å². The lowest BCUT2D eigenvalue weighted by atomic mass is 10.1. The topological polar surface area (TPSA) is 79.5 Å². The van der Waals surface area contributed by atoms with E-state index in [2.05, 4.69) is 32.1 Å². The molecule has 2 rings (SSSR count). The number of carbonyl (C=O) groups excluding carboxylic acids is 2. The Morgan fingerprint density at radius 2 is 1.81 bits per heavy atom. The van der Waals surface area contributed by atoms with Gasteiger partial charge in [-0.1, -0.05) is 34.1 Å². The molecule has 26 heavy (non-hydrogen) atoms. The van der Waals surface area contributed by atoms with Crippen LogP contribution in [0.25, 0.3) is 0 Å². The van der Waals surface area contributed by atoms with Crippen molar-refractivity contribution in [2.75, 3.05) is 6.61 Å². The van der Waals surface area contributed by atoms with Gasteiger partial charge < -0.3 is 4.74 Å². The number of halogens is 1. The fraction of sp³-hybridized carbons (Fsp3) is 0.167. The minimum atomic E-state index is -0.435. The van der Waals surface area contributed by atoms with Crippen LogP contribution in [0.5, 0.6) is 5.75 Å². The van der Waals surface area contributed by atoms with Crippen molar-refractivity contribution in [3.05, 3.63) is 63.6 Å². The van der Waals surface area contributed by atoms with E-state index in [1.54, 1.807) is 18.2 Å². The average molecular weight is 436 g/mol.